The maximum Gasteiger partial charge on any atom is 0.191 e. The van der Waals surface area contributed by atoms with Gasteiger partial charge >= 0.3 is 0 Å². The first-order valence-electron chi connectivity index (χ1n) is 8.70. The molecule has 0 amide bonds. The Morgan fingerprint density at radius 3 is 2.58 bits per heavy atom. The second-order valence-corrected chi connectivity index (χ2v) is 7.57. The van der Waals surface area contributed by atoms with E-state index < -0.39 is 0 Å². The lowest BCUT2D eigenvalue weighted by molar-refractivity contribution is 0.264. The smallest absolute Gasteiger partial charge is 0.191 e. The molecule has 1 aliphatic carbocycles. The molecule has 1 aromatic carbocycles. The summed E-state index contributed by atoms with van der Waals surface area (Å²) in [7, 11) is 6.05. The van der Waals surface area contributed by atoms with Crippen LogP contribution in [-0.4, -0.2) is 51.1 Å². The van der Waals surface area contributed by atoms with Crippen LogP contribution in [0.4, 0.5) is 4.39 Å². The Labute approximate surface area is 145 Å². The van der Waals surface area contributed by atoms with Gasteiger partial charge in [0.15, 0.2) is 5.96 Å². The first-order valence-corrected chi connectivity index (χ1v) is 8.70. The molecule has 4 nitrogen and oxygen atoms in total. The minimum absolute atomic E-state index is 0.183. The Balaban J connectivity index is 1.88. The zero-order valence-electron chi connectivity index (χ0n) is 15.6. The minimum Gasteiger partial charge on any atom is -0.356 e. The van der Waals surface area contributed by atoms with Crippen molar-refractivity contribution < 1.29 is 4.39 Å². The van der Waals surface area contributed by atoms with Crippen LogP contribution < -0.4 is 10.6 Å². The van der Waals surface area contributed by atoms with E-state index in [9.17, 15) is 4.39 Å². The standard InChI is InChI=1S/C19H31FN4/c1-19(2,15-7-6-8-16(20)11-15)13-23-18(21-3)22-12-17(24(4)5)14-9-10-14/h6-8,11,14,17H,9-10,12-13H2,1-5H3,(H2,21,22,23). The van der Waals surface area contributed by atoms with Crippen molar-refractivity contribution in [3.63, 3.8) is 0 Å². The van der Waals surface area contributed by atoms with E-state index in [1.54, 1.807) is 19.2 Å². The first kappa shape index (κ1) is 18.7. The van der Waals surface area contributed by atoms with Crippen LogP contribution in [0.5, 0.6) is 0 Å². The summed E-state index contributed by atoms with van der Waals surface area (Å²) in [6, 6.07) is 7.35. The highest BCUT2D eigenvalue weighted by Gasteiger charge is 2.32. The van der Waals surface area contributed by atoms with Crippen LogP contribution in [0.3, 0.4) is 0 Å². The summed E-state index contributed by atoms with van der Waals surface area (Å²) in [4.78, 5) is 6.60. The number of halogens is 1. The second-order valence-electron chi connectivity index (χ2n) is 7.57. The average Bonchev–Trinajstić information content (AvgIpc) is 3.35. The molecule has 134 valence electrons. The van der Waals surface area contributed by atoms with Crippen molar-refractivity contribution in [1.29, 1.82) is 0 Å². The fourth-order valence-corrected chi connectivity index (χ4v) is 2.99. The Morgan fingerprint density at radius 2 is 2.04 bits per heavy atom. The maximum atomic E-state index is 13.5. The van der Waals surface area contributed by atoms with Gasteiger partial charge in [0.1, 0.15) is 5.82 Å². The van der Waals surface area contributed by atoms with Crippen LogP contribution in [0.2, 0.25) is 0 Å². The zero-order valence-corrected chi connectivity index (χ0v) is 15.6. The molecule has 24 heavy (non-hydrogen) atoms. The number of hydrogen-bond donors (Lipinski definition) is 2. The number of hydrogen-bond acceptors (Lipinski definition) is 2. The summed E-state index contributed by atoms with van der Waals surface area (Å²) >= 11 is 0. The third-order valence-corrected chi connectivity index (χ3v) is 4.84. The molecule has 1 atom stereocenters. The highest BCUT2D eigenvalue weighted by atomic mass is 19.1. The van der Waals surface area contributed by atoms with Crippen LogP contribution in [0.15, 0.2) is 29.3 Å². The van der Waals surface area contributed by atoms with Gasteiger partial charge < -0.3 is 15.5 Å². The third kappa shape index (κ3) is 5.20. The van der Waals surface area contributed by atoms with Gasteiger partial charge in [0, 0.05) is 31.6 Å². The summed E-state index contributed by atoms with van der Waals surface area (Å²) in [5.74, 6) is 1.41. The molecule has 1 fully saturated rings. The number of nitrogens with one attached hydrogen (secondary N) is 2. The molecule has 2 N–H and O–H groups in total. The number of nitrogens with zero attached hydrogens (tertiary/aromatic N) is 2. The van der Waals surface area contributed by atoms with Crippen molar-refractivity contribution in [2.24, 2.45) is 10.9 Å². The molecule has 0 spiro atoms. The molecular formula is C19H31FN4. The van der Waals surface area contributed by atoms with Gasteiger partial charge in [-0.3, -0.25) is 4.99 Å². The fraction of sp³-hybridized carbons (Fsp3) is 0.632. The van der Waals surface area contributed by atoms with Crippen LogP contribution in [0.1, 0.15) is 32.3 Å². The van der Waals surface area contributed by atoms with Gasteiger partial charge in [0.05, 0.1) is 0 Å². The molecule has 0 heterocycles. The van der Waals surface area contributed by atoms with Gasteiger partial charge in [-0.15, -0.1) is 0 Å². The molecule has 1 saturated carbocycles. The Kier molecular flexibility index (Phi) is 6.21. The average molecular weight is 334 g/mol. The highest BCUT2D eigenvalue weighted by Crippen LogP contribution is 2.34. The molecule has 0 radical (unpaired) electrons. The molecule has 5 heteroatoms. The first-order chi connectivity index (χ1) is 11.3. The van der Waals surface area contributed by atoms with Crippen molar-refractivity contribution in [3.8, 4) is 0 Å². The molecule has 0 aliphatic heterocycles. The molecule has 1 aliphatic rings. The topological polar surface area (TPSA) is 39.7 Å². The maximum absolute atomic E-state index is 13.5. The summed E-state index contributed by atoms with van der Waals surface area (Å²) in [5, 5.41) is 6.81. The van der Waals surface area contributed by atoms with Gasteiger partial charge in [0.2, 0.25) is 0 Å². The van der Waals surface area contributed by atoms with E-state index in [1.165, 1.54) is 18.9 Å². The Hall–Kier alpha value is -1.62. The van der Waals surface area contributed by atoms with Gasteiger partial charge in [-0.25, -0.2) is 4.39 Å². The zero-order chi connectivity index (χ0) is 17.7. The lowest BCUT2D eigenvalue weighted by Crippen LogP contribution is -2.48. The van der Waals surface area contributed by atoms with Crippen molar-refractivity contribution >= 4 is 5.96 Å². The lowest BCUT2D eigenvalue weighted by Gasteiger charge is -2.28. The van der Waals surface area contributed by atoms with Crippen LogP contribution in [0.25, 0.3) is 0 Å². The lowest BCUT2D eigenvalue weighted by atomic mass is 9.84. The summed E-state index contributed by atoms with van der Waals surface area (Å²) in [5.41, 5.74) is 0.798. The van der Waals surface area contributed by atoms with Gasteiger partial charge in [-0.05, 0) is 50.6 Å². The molecule has 1 aromatic rings. The monoisotopic (exact) mass is 334 g/mol. The van der Waals surface area contributed by atoms with E-state index in [1.807, 2.05) is 6.07 Å². The summed E-state index contributed by atoms with van der Waals surface area (Å²) in [6.45, 7) is 5.79. The normalized spacial score (nSPS) is 17.0. The summed E-state index contributed by atoms with van der Waals surface area (Å²) in [6.07, 6.45) is 2.65. The quantitative estimate of drug-likeness (QED) is 0.595. The van der Waals surface area contributed by atoms with E-state index in [-0.39, 0.29) is 11.2 Å². The SMILES string of the molecule is CN=C(NCC(C1CC1)N(C)C)NCC(C)(C)c1cccc(F)c1. The van der Waals surface area contributed by atoms with Crippen molar-refractivity contribution in [1.82, 2.24) is 15.5 Å². The van der Waals surface area contributed by atoms with E-state index >= 15 is 0 Å². The summed E-state index contributed by atoms with van der Waals surface area (Å²) < 4.78 is 13.5. The van der Waals surface area contributed by atoms with Crippen molar-refractivity contribution in [2.75, 3.05) is 34.2 Å². The Morgan fingerprint density at radius 1 is 1.33 bits per heavy atom. The molecule has 2 rings (SSSR count). The number of rotatable bonds is 7. The molecule has 0 saturated heterocycles. The number of guanidine groups is 1. The second kappa shape index (κ2) is 7.97. The largest absolute Gasteiger partial charge is 0.356 e. The van der Waals surface area contributed by atoms with E-state index in [0.29, 0.717) is 12.6 Å². The molecule has 1 unspecified atom stereocenters. The van der Waals surface area contributed by atoms with E-state index in [4.69, 9.17) is 0 Å². The van der Waals surface area contributed by atoms with E-state index in [0.717, 1.165) is 24.0 Å². The Bertz CT molecular complexity index is 562. The number of benzene rings is 1. The molecule has 0 bridgehead atoms. The van der Waals surface area contributed by atoms with Crippen molar-refractivity contribution in [2.45, 2.75) is 38.1 Å². The number of aliphatic imine (C=N–C) groups is 1. The van der Waals surface area contributed by atoms with Gasteiger partial charge in [0.25, 0.3) is 0 Å². The molecular weight excluding hydrogens is 303 g/mol. The predicted octanol–water partition coefficient (Wildman–Crippen LogP) is 2.61. The van der Waals surface area contributed by atoms with Crippen LogP contribution in [-0.2, 0) is 5.41 Å². The van der Waals surface area contributed by atoms with Gasteiger partial charge in [-0.2, -0.15) is 0 Å². The minimum atomic E-state index is -0.193. The van der Waals surface area contributed by atoms with Crippen LogP contribution in [0, 0.1) is 11.7 Å². The van der Waals surface area contributed by atoms with Crippen LogP contribution >= 0.6 is 0 Å². The van der Waals surface area contributed by atoms with Gasteiger partial charge in [-0.1, -0.05) is 26.0 Å². The highest BCUT2D eigenvalue weighted by molar-refractivity contribution is 5.79. The third-order valence-electron chi connectivity index (χ3n) is 4.84. The predicted molar refractivity (Wildman–Crippen MR) is 99.0 cm³/mol. The van der Waals surface area contributed by atoms with E-state index in [2.05, 4.69) is 48.5 Å². The fourth-order valence-electron chi connectivity index (χ4n) is 2.99. The number of likely N-dealkylation sites (N-methyl/N-ethyl adjacent to an activating group) is 1. The molecule has 0 aromatic heterocycles. The van der Waals surface area contributed by atoms with Crippen molar-refractivity contribution in [3.05, 3.63) is 35.6 Å².